The number of ether oxygens (including phenoxy) is 1. The van der Waals surface area contributed by atoms with Gasteiger partial charge in [-0.25, -0.2) is 4.99 Å². The van der Waals surface area contributed by atoms with Gasteiger partial charge in [0, 0.05) is 11.1 Å². The van der Waals surface area contributed by atoms with E-state index in [1.54, 1.807) is 17.6 Å². The predicted octanol–water partition coefficient (Wildman–Crippen LogP) is 8.90. The first-order valence-corrected chi connectivity index (χ1v) is 15.4. The number of fused-ring (bicyclic) bond motifs is 2. The van der Waals surface area contributed by atoms with Gasteiger partial charge >= 0.3 is 0 Å². The number of thiophene rings is 1. The molecule has 0 unspecified atom stereocenters. The van der Waals surface area contributed by atoms with E-state index in [0.717, 1.165) is 52.5 Å². The zero-order valence-corrected chi connectivity index (χ0v) is 25.2. The molecule has 1 N–H and O–H groups in total. The Labute approximate surface area is 251 Å². The molecule has 3 aromatic carbocycles. The summed E-state index contributed by atoms with van der Waals surface area (Å²) in [6, 6.07) is 26.3. The van der Waals surface area contributed by atoms with Crippen LogP contribution in [0.3, 0.4) is 0 Å². The summed E-state index contributed by atoms with van der Waals surface area (Å²) >= 11 is 1.66. The number of amides is 1. The van der Waals surface area contributed by atoms with Gasteiger partial charge < -0.3 is 14.5 Å². The van der Waals surface area contributed by atoms with Crippen molar-refractivity contribution >= 4 is 39.2 Å². The second-order valence-electron chi connectivity index (χ2n) is 12.0. The largest absolute Gasteiger partial charge is 0.489 e. The molecule has 1 aliphatic carbocycles. The van der Waals surface area contributed by atoms with Crippen LogP contribution in [0.15, 0.2) is 94.5 Å². The fourth-order valence-electron chi connectivity index (χ4n) is 5.67. The third-order valence-electron chi connectivity index (χ3n) is 8.19. The Morgan fingerprint density at radius 3 is 2.64 bits per heavy atom. The number of furan rings is 1. The number of benzene rings is 3. The van der Waals surface area contributed by atoms with Crippen LogP contribution in [-0.2, 0) is 26.0 Å². The zero-order valence-electron chi connectivity index (χ0n) is 24.4. The first-order valence-electron chi connectivity index (χ1n) is 14.5. The molecule has 2 heterocycles. The molecule has 2 aromatic heterocycles. The lowest BCUT2D eigenvalue weighted by Crippen LogP contribution is -2.28. The van der Waals surface area contributed by atoms with E-state index in [9.17, 15) is 4.79 Å². The van der Waals surface area contributed by atoms with Crippen molar-refractivity contribution in [3.63, 3.8) is 0 Å². The van der Waals surface area contributed by atoms with Crippen LogP contribution in [0.2, 0.25) is 0 Å². The second-order valence-corrected chi connectivity index (χ2v) is 13.1. The molecule has 5 nitrogen and oxygen atoms in total. The van der Waals surface area contributed by atoms with Crippen molar-refractivity contribution in [1.29, 1.82) is 0 Å². The van der Waals surface area contributed by atoms with Gasteiger partial charge in [-0.15, -0.1) is 11.3 Å². The molecule has 214 valence electrons. The van der Waals surface area contributed by atoms with Crippen molar-refractivity contribution in [3.05, 3.63) is 118 Å². The SMILES string of the molecule is CC(C)(C)[C@@H]1CCc2c(sc(N=Cc3ccc(OCc4cccc5ccccc45)cc3)c2C(=O)NCc2ccco2)C1. The maximum Gasteiger partial charge on any atom is 0.255 e. The van der Waals surface area contributed by atoms with E-state index in [-0.39, 0.29) is 11.3 Å². The quantitative estimate of drug-likeness (QED) is 0.188. The summed E-state index contributed by atoms with van der Waals surface area (Å²) in [5.74, 6) is 2.02. The van der Waals surface area contributed by atoms with Crippen LogP contribution in [-0.4, -0.2) is 12.1 Å². The predicted molar refractivity (Wildman–Crippen MR) is 171 cm³/mol. The summed E-state index contributed by atoms with van der Waals surface area (Å²) in [4.78, 5) is 19.6. The van der Waals surface area contributed by atoms with Crippen LogP contribution in [0.4, 0.5) is 5.00 Å². The zero-order chi connectivity index (χ0) is 29.1. The topological polar surface area (TPSA) is 63.8 Å². The van der Waals surface area contributed by atoms with Crippen molar-refractivity contribution in [3.8, 4) is 5.75 Å². The van der Waals surface area contributed by atoms with E-state index in [2.05, 4.69) is 68.6 Å². The molecule has 6 heteroatoms. The average Bonchev–Trinajstić information content (AvgIpc) is 3.65. The minimum Gasteiger partial charge on any atom is -0.489 e. The Balaban J connectivity index is 1.19. The first kappa shape index (κ1) is 28.0. The number of nitrogens with one attached hydrogen (secondary N) is 1. The molecule has 5 aromatic rings. The highest BCUT2D eigenvalue weighted by molar-refractivity contribution is 7.16. The third kappa shape index (κ3) is 6.19. The van der Waals surface area contributed by atoms with Gasteiger partial charge in [0.25, 0.3) is 5.91 Å². The lowest BCUT2D eigenvalue weighted by Gasteiger charge is -2.33. The fourth-order valence-corrected chi connectivity index (χ4v) is 6.94. The summed E-state index contributed by atoms with van der Waals surface area (Å²) in [7, 11) is 0. The molecule has 0 aliphatic heterocycles. The molecule has 1 atom stereocenters. The molecule has 1 aliphatic rings. The van der Waals surface area contributed by atoms with Crippen molar-refractivity contribution in [2.24, 2.45) is 16.3 Å². The van der Waals surface area contributed by atoms with Gasteiger partial charge in [0.2, 0.25) is 0 Å². The van der Waals surface area contributed by atoms with Crippen molar-refractivity contribution in [1.82, 2.24) is 5.32 Å². The van der Waals surface area contributed by atoms with Crippen LogP contribution >= 0.6 is 11.3 Å². The number of rotatable bonds is 8. The number of carbonyl (C=O) groups is 1. The molecule has 6 rings (SSSR count). The molecule has 1 amide bonds. The van der Waals surface area contributed by atoms with Gasteiger partial charge in [0.15, 0.2) is 0 Å². The van der Waals surface area contributed by atoms with Gasteiger partial charge in [0.1, 0.15) is 23.1 Å². The summed E-state index contributed by atoms with van der Waals surface area (Å²) in [5.41, 5.74) is 4.20. The summed E-state index contributed by atoms with van der Waals surface area (Å²) < 4.78 is 11.5. The minimum absolute atomic E-state index is 0.0950. The number of hydrogen-bond donors (Lipinski definition) is 1. The molecule has 0 radical (unpaired) electrons. The van der Waals surface area contributed by atoms with Crippen LogP contribution < -0.4 is 10.1 Å². The Morgan fingerprint density at radius 2 is 1.86 bits per heavy atom. The Morgan fingerprint density at radius 1 is 1.05 bits per heavy atom. The van der Waals surface area contributed by atoms with Crippen LogP contribution in [0, 0.1) is 11.3 Å². The molecule has 0 saturated heterocycles. The van der Waals surface area contributed by atoms with E-state index in [4.69, 9.17) is 14.1 Å². The molecule has 42 heavy (non-hydrogen) atoms. The minimum atomic E-state index is -0.0950. The van der Waals surface area contributed by atoms with Crippen LogP contribution in [0.5, 0.6) is 5.75 Å². The number of carbonyl (C=O) groups excluding carboxylic acids is 1. The molecule has 0 spiro atoms. The highest BCUT2D eigenvalue weighted by Gasteiger charge is 2.33. The Kier molecular flexibility index (Phi) is 7.98. The normalized spacial score (nSPS) is 15.2. The summed E-state index contributed by atoms with van der Waals surface area (Å²) in [6.45, 7) is 7.78. The smallest absolute Gasteiger partial charge is 0.255 e. The molecular formula is C36H36N2O3S. The summed E-state index contributed by atoms with van der Waals surface area (Å²) in [5, 5.41) is 6.23. The van der Waals surface area contributed by atoms with E-state index in [1.165, 1.54) is 15.6 Å². The maximum absolute atomic E-state index is 13.5. The van der Waals surface area contributed by atoms with Gasteiger partial charge in [-0.1, -0.05) is 63.2 Å². The van der Waals surface area contributed by atoms with Gasteiger partial charge in [-0.2, -0.15) is 0 Å². The first-order chi connectivity index (χ1) is 20.3. The second kappa shape index (κ2) is 12.0. The van der Waals surface area contributed by atoms with Crippen molar-refractivity contribution < 1.29 is 13.9 Å². The van der Waals surface area contributed by atoms with Crippen molar-refractivity contribution in [2.45, 2.75) is 53.2 Å². The highest BCUT2D eigenvalue weighted by atomic mass is 32.1. The Hall–Kier alpha value is -4.16. The van der Waals surface area contributed by atoms with Crippen LogP contribution in [0.25, 0.3) is 10.8 Å². The molecule has 0 bridgehead atoms. The average molecular weight is 577 g/mol. The van der Waals surface area contributed by atoms with Crippen molar-refractivity contribution in [2.75, 3.05) is 0 Å². The number of hydrogen-bond acceptors (Lipinski definition) is 5. The maximum atomic E-state index is 13.5. The third-order valence-corrected chi connectivity index (χ3v) is 9.35. The van der Waals surface area contributed by atoms with Gasteiger partial charge in [0.05, 0.1) is 18.4 Å². The number of nitrogens with zero attached hydrogens (tertiary/aromatic N) is 1. The monoisotopic (exact) mass is 576 g/mol. The Bertz CT molecular complexity index is 1700. The molecular weight excluding hydrogens is 540 g/mol. The van der Waals surface area contributed by atoms with Crippen LogP contribution in [0.1, 0.15) is 64.9 Å². The van der Waals surface area contributed by atoms with E-state index in [1.807, 2.05) is 42.6 Å². The highest BCUT2D eigenvalue weighted by Crippen LogP contribution is 2.45. The summed E-state index contributed by atoms with van der Waals surface area (Å²) in [6.07, 6.45) is 6.43. The van der Waals surface area contributed by atoms with Gasteiger partial charge in [-0.05, 0) is 94.5 Å². The number of aliphatic imine (C=N–C) groups is 1. The lowest BCUT2D eigenvalue weighted by molar-refractivity contribution is 0.0947. The standard InChI is InChI=1S/C36H36N2O3S/c1-36(2,3)27-15-18-31-32(20-27)42-35(33(31)34(39)37-22-29-11-7-19-40-29)38-21-24-13-16-28(17-14-24)41-23-26-10-6-9-25-8-4-5-12-30(25)26/h4-14,16-17,19,21,27H,15,18,20,22-23H2,1-3H3,(H,37,39)/t27-/m1/s1. The molecule has 0 saturated carbocycles. The van der Waals surface area contributed by atoms with E-state index >= 15 is 0 Å². The van der Waals surface area contributed by atoms with Gasteiger partial charge in [-0.3, -0.25) is 4.79 Å². The van der Waals surface area contributed by atoms with E-state index in [0.29, 0.717) is 24.6 Å². The lowest BCUT2D eigenvalue weighted by atomic mass is 9.72. The molecule has 0 fully saturated rings. The fraction of sp³-hybridized carbons (Fsp3) is 0.278. The van der Waals surface area contributed by atoms with E-state index < -0.39 is 0 Å².